The van der Waals surface area contributed by atoms with E-state index in [1.807, 2.05) is 6.07 Å². The highest BCUT2D eigenvalue weighted by molar-refractivity contribution is 5.99. The summed E-state index contributed by atoms with van der Waals surface area (Å²) in [6.07, 6.45) is 5.52. The molecule has 1 aromatic carbocycles. The fraction of sp³-hybridized carbons (Fsp3) is 0.350. The highest BCUT2D eigenvalue weighted by Crippen LogP contribution is 2.19. The van der Waals surface area contributed by atoms with Crippen molar-refractivity contribution >= 4 is 17.4 Å². The third-order valence-corrected chi connectivity index (χ3v) is 4.61. The van der Waals surface area contributed by atoms with Crippen LogP contribution < -0.4 is 10.2 Å². The van der Waals surface area contributed by atoms with Gasteiger partial charge in [-0.15, -0.1) is 0 Å². The van der Waals surface area contributed by atoms with E-state index in [0.717, 1.165) is 56.0 Å². The van der Waals surface area contributed by atoms with Gasteiger partial charge in [0.25, 0.3) is 5.91 Å². The highest BCUT2D eigenvalue weighted by Gasteiger charge is 2.19. The number of carbonyl (C=O) groups is 1. The SMILES string of the molecule is Fc1ccc(F)cc1.O=C(NC(CO)CO)c1cnn2ccc(N3CCCC3)nc12. The van der Waals surface area contributed by atoms with Crippen LogP contribution in [0.3, 0.4) is 0 Å². The van der Waals surface area contributed by atoms with Crippen molar-refractivity contribution in [2.45, 2.75) is 18.9 Å². The predicted molar refractivity (Wildman–Crippen MR) is 106 cm³/mol. The molecule has 3 N–H and O–H groups in total. The zero-order valence-electron chi connectivity index (χ0n) is 16.2. The Hall–Kier alpha value is -3.11. The zero-order chi connectivity index (χ0) is 21.5. The van der Waals surface area contributed by atoms with E-state index in [9.17, 15) is 13.6 Å². The quantitative estimate of drug-likeness (QED) is 0.577. The third-order valence-electron chi connectivity index (χ3n) is 4.61. The summed E-state index contributed by atoms with van der Waals surface area (Å²) < 4.78 is 25.4. The summed E-state index contributed by atoms with van der Waals surface area (Å²) in [5.41, 5.74) is 0.796. The summed E-state index contributed by atoms with van der Waals surface area (Å²) in [5, 5.41) is 24.8. The minimum atomic E-state index is -0.691. The number of benzene rings is 1. The molecular formula is C20H23F2N5O3. The Labute approximate surface area is 171 Å². The number of carbonyl (C=O) groups excluding carboxylic acids is 1. The van der Waals surface area contributed by atoms with Gasteiger partial charge in [0.1, 0.15) is 23.0 Å². The minimum Gasteiger partial charge on any atom is -0.394 e. The summed E-state index contributed by atoms with van der Waals surface area (Å²) in [7, 11) is 0. The molecule has 1 aliphatic rings. The lowest BCUT2D eigenvalue weighted by atomic mass is 10.2. The van der Waals surface area contributed by atoms with Crippen LogP contribution in [0.4, 0.5) is 14.6 Å². The summed E-state index contributed by atoms with van der Waals surface area (Å²) in [5.74, 6) is -0.396. The van der Waals surface area contributed by atoms with Crippen LogP contribution in [0.15, 0.2) is 42.7 Å². The summed E-state index contributed by atoms with van der Waals surface area (Å²) >= 11 is 0. The molecule has 2 aromatic heterocycles. The number of rotatable bonds is 5. The van der Waals surface area contributed by atoms with Gasteiger partial charge in [0.2, 0.25) is 0 Å². The average Bonchev–Trinajstić information content (AvgIpc) is 3.44. The molecule has 30 heavy (non-hydrogen) atoms. The smallest absolute Gasteiger partial charge is 0.257 e. The summed E-state index contributed by atoms with van der Waals surface area (Å²) in [4.78, 5) is 19.0. The van der Waals surface area contributed by atoms with E-state index in [4.69, 9.17) is 10.2 Å². The fourth-order valence-electron chi connectivity index (χ4n) is 2.98. The molecule has 1 fully saturated rings. The fourth-order valence-corrected chi connectivity index (χ4v) is 2.98. The largest absolute Gasteiger partial charge is 0.394 e. The Kier molecular flexibility index (Phi) is 7.26. The molecule has 3 heterocycles. The van der Waals surface area contributed by atoms with E-state index in [2.05, 4.69) is 20.3 Å². The number of nitrogens with zero attached hydrogens (tertiary/aromatic N) is 4. The second kappa shape index (κ2) is 10.1. The van der Waals surface area contributed by atoms with E-state index in [-0.39, 0.29) is 13.2 Å². The number of amides is 1. The van der Waals surface area contributed by atoms with Crippen molar-refractivity contribution in [1.82, 2.24) is 19.9 Å². The van der Waals surface area contributed by atoms with Crippen molar-refractivity contribution in [3.63, 3.8) is 0 Å². The third kappa shape index (κ3) is 5.28. The van der Waals surface area contributed by atoms with Crippen LogP contribution >= 0.6 is 0 Å². The molecule has 160 valence electrons. The lowest BCUT2D eigenvalue weighted by Gasteiger charge is -2.16. The minimum absolute atomic E-state index is 0.325. The molecule has 1 amide bonds. The number of aromatic nitrogens is 3. The van der Waals surface area contributed by atoms with E-state index < -0.39 is 23.6 Å². The molecule has 10 heteroatoms. The van der Waals surface area contributed by atoms with Crippen LogP contribution in [-0.4, -0.2) is 63.1 Å². The molecule has 0 bridgehead atoms. The van der Waals surface area contributed by atoms with Crippen molar-refractivity contribution < 1.29 is 23.8 Å². The Balaban J connectivity index is 0.000000269. The second-order valence-electron chi connectivity index (χ2n) is 6.78. The van der Waals surface area contributed by atoms with Crippen molar-refractivity contribution in [3.05, 3.63) is 59.9 Å². The Morgan fingerprint density at radius 3 is 2.23 bits per heavy atom. The van der Waals surface area contributed by atoms with E-state index in [1.165, 1.54) is 6.20 Å². The van der Waals surface area contributed by atoms with E-state index in [0.29, 0.717) is 11.2 Å². The molecule has 8 nitrogen and oxygen atoms in total. The standard InChI is InChI=1S/C14H19N5O3.C6H4F2/c20-8-10(9-21)16-14(22)11-7-15-19-6-3-12(17-13(11)19)18-4-1-2-5-18;7-5-1-2-6(8)4-3-5/h3,6-7,10,20-21H,1-2,4-5,8-9H2,(H,16,22);1-4H. The van der Waals surface area contributed by atoms with Gasteiger partial charge in [-0.05, 0) is 43.2 Å². The molecule has 0 aliphatic carbocycles. The summed E-state index contributed by atoms with van der Waals surface area (Å²) in [6, 6.07) is 5.51. The first-order chi connectivity index (χ1) is 14.5. The first kappa shape index (κ1) is 21.6. The number of anilines is 1. The molecule has 1 aliphatic heterocycles. The van der Waals surface area contributed by atoms with Gasteiger partial charge in [0.05, 0.1) is 25.5 Å². The maximum atomic E-state index is 12.2. The molecule has 0 unspecified atom stereocenters. The Bertz CT molecular complexity index is 949. The summed E-state index contributed by atoms with van der Waals surface area (Å²) in [6.45, 7) is 1.29. The number of halogens is 2. The van der Waals surface area contributed by atoms with Crippen LogP contribution in [0.2, 0.25) is 0 Å². The number of fused-ring (bicyclic) bond motifs is 1. The number of nitrogens with one attached hydrogen (secondary N) is 1. The molecule has 0 atom stereocenters. The van der Waals surface area contributed by atoms with Gasteiger partial charge in [-0.2, -0.15) is 5.10 Å². The maximum Gasteiger partial charge on any atom is 0.257 e. The van der Waals surface area contributed by atoms with Gasteiger partial charge in [-0.3, -0.25) is 4.79 Å². The lowest BCUT2D eigenvalue weighted by Crippen LogP contribution is -2.40. The van der Waals surface area contributed by atoms with Gasteiger partial charge in [-0.1, -0.05) is 0 Å². The predicted octanol–water partition coefficient (Wildman–Crippen LogP) is 1.38. The van der Waals surface area contributed by atoms with Crippen LogP contribution in [-0.2, 0) is 0 Å². The maximum absolute atomic E-state index is 12.2. The van der Waals surface area contributed by atoms with Gasteiger partial charge in [-0.25, -0.2) is 18.3 Å². The number of hydrogen-bond donors (Lipinski definition) is 3. The lowest BCUT2D eigenvalue weighted by molar-refractivity contribution is 0.0881. The zero-order valence-corrected chi connectivity index (χ0v) is 16.2. The Morgan fingerprint density at radius 2 is 1.67 bits per heavy atom. The van der Waals surface area contributed by atoms with Gasteiger partial charge in [0, 0.05) is 19.3 Å². The van der Waals surface area contributed by atoms with Crippen molar-refractivity contribution in [1.29, 1.82) is 0 Å². The van der Waals surface area contributed by atoms with Crippen molar-refractivity contribution in [2.24, 2.45) is 0 Å². The average molecular weight is 419 g/mol. The van der Waals surface area contributed by atoms with E-state index in [1.54, 1.807) is 10.7 Å². The molecule has 0 saturated carbocycles. The molecule has 1 saturated heterocycles. The number of hydrogen-bond acceptors (Lipinski definition) is 6. The molecular weight excluding hydrogens is 396 g/mol. The van der Waals surface area contributed by atoms with Crippen LogP contribution in [0, 0.1) is 11.6 Å². The van der Waals surface area contributed by atoms with Crippen LogP contribution in [0.25, 0.3) is 5.65 Å². The Morgan fingerprint density at radius 1 is 1.07 bits per heavy atom. The van der Waals surface area contributed by atoms with Gasteiger partial charge >= 0.3 is 0 Å². The van der Waals surface area contributed by atoms with Crippen molar-refractivity contribution in [3.8, 4) is 0 Å². The molecule has 0 spiro atoms. The van der Waals surface area contributed by atoms with Gasteiger partial charge < -0.3 is 20.4 Å². The van der Waals surface area contributed by atoms with E-state index >= 15 is 0 Å². The number of aliphatic hydroxyl groups is 2. The number of aliphatic hydroxyl groups excluding tert-OH is 2. The first-order valence-electron chi connectivity index (χ1n) is 9.55. The molecule has 4 rings (SSSR count). The first-order valence-corrected chi connectivity index (χ1v) is 9.55. The monoisotopic (exact) mass is 419 g/mol. The normalized spacial score (nSPS) is 13.4. The van der Waals surface area contributed by atoms with Crippen LogP contribution in [0.1, 0.15) is 23.2 Å². The van der Waals surface area contributed by atoms with Crippen molar-refractivity contribution in [2.75, 3.05) is 31.2 Å². The van der Waals surface area contributed by atoms with Gasteiger partial charge in [0.15, 0.2) is 5.65 Å². The molecule has 0 radical (unpaired) electrons. The second-order valence-corrected chi connectivity index (χ2v) is 6.78. The van der Waals surface area contributed by atoms with Crippen LogP contribution in [0.5, 0.6) is 0 Å². The molecule has 3 aromatic rings. The highest BCUT2D eigenvalue weighted by atomic mass is 19.1. The topological polar surface area (TPSA) is 103 Å².